The Morgan fingerprint density at radius 1 is 1.29 bits per heavy atom. The van der Waals surface area contributed by atoms with Crippen LogP contribution in [0.1, 0.15) is 43.5 Å². The SMILES string of the molecule is O=[N+]([O-])c1ccc(N2CCCC(c3nncn3C3CC3)C2)c(F)c1. The van der Waals surface area contributed by atoms with Crippen molar-refractivity contribution in [3.8, 4) is 0 Å². The van der Waals surface area contributed by atoms with Gasteiger partial charge in [-0.1, -0.05) is 0 Å². The summed E-state index contributed by atoms with van der Waals surface area (Å²) in [6, 6.07) is 4.36. The molecule has 4 rings (SSSR count). The van der Waals surface area contributed by atoms with E-state index in [2.05, 4.69) is 14.8 Å². The number of halogens is 1. The number of hydrogen-bond acceptors (Lipinski definition) is 5. The van der Waals surface area contributed by atoms with E-state index >= 15 is 0 Å². The van der Waals surface area contributed by atoms with Gasteiger partial charge < -0.3 is 9.47 Å². The van der Waals surface area contributed by atoms with Gasteiger partial charge in [0.05, 0.1) is 16.7 Å². The molecule has 1 unspecified atom stereocenters. The summed E-state index contributed by atoms with van der Waals surface area (Å²) in [5.74, 6) is 0.634. The Hall–Kier alpha value is -2.51. The molecular weight excluding hydrogens is 313 g/mol. The molecule has 7 nitrogen and oxygen atoms in total. The van der Waals surface area contributed by atoms with Crippen LogP contribution < -0.4 is 4.90 Å². The molecule has 8 heteroatoms. The first kappa shape index (κ1) is 15.0. The summed E-state index contributed by atoms with van der Waals surface area (Å²) in [5, 5.41) is 19.1. The largest absolute Gasteiger partial charge is 0.368 e. The number of benzene rings is 1. The summed E-state index contributed by atoms with van der Waals surface area (Å²) in [6.07, 6.45) is 6.05. The van der Waals surface area contributed by atoms with Crippen molar-refractivity contribution < 1.29 is 9.31 Å². The van der Waals surface area contributed by atoms with E-state index in [0.29, 0.717) is 18.3 Å². The molecule has 2 fully saturated rings. The Bertz CT molecular complexity index is 774. The van der Waals surface area contributed by atoms with Crippen molar-refractivity contribution in [1.29, 1.82) is 0 Å². The maximum absolute atomic E-state index is 14.3. The first-order chi connectivity index (χ1) is 11.6. The number of hydrogen-bond donors (Lipinski definition) is 0. The van der Waals surface area contributed by atoms with Crippen molar-refractivity contribution in [2.75, 3.05) is 18.0 Å². The lowest BCUT2D eigenvalue weighted by molar-refractivity contribution is -0.385. The van der Waals surface area contributed by atoms with E-state index in [9.17, 15) is 14.5 Å². The van der Waals surface area contributed by atoms with Gasteiger partial charge in [-0.15, -0.1) is 10.2 Å². The van der Waals surface area contributed by atoms with Gasteiger partial charge in [0.25, 0.3) is 5.69 Å². The highest BCUT2D eigenvalue weighted by molar-refractivity contribution is 5.53. The Kier molecular flexibility index (Phi) is 3.66. The third kappa shape index (κ3) is 2.72. The molecule has 1 aromatic heterocycles. The highest BCUT2D eigenvalue weighted by Crippen LogP contribution is 2.38. The number of aromatic nitrogens is 3. The molecule has 0 amide bonds. The fourth-order valence-corrected chi connectivity index (χ4v) is 3.45. The lowest BCUT2D eigenvalue weighted by Gasteiger charge is -2.34. The topological polar surface area (TPSA) is 77.1 Å². The predicted octanol–water partition coefficient (Wildman–Crippen LogP) is 3.04. The average molecular weight is 331 g/mol. The molecule has 1 aliphatic heterocycles. The summed E-state index contributed by atoms with van der Waals surface area (Å²) in [5.41, 5.74) is 0.195. The molecule has 2 heterocycles. The number of piperidine rings is 1. The monoisotopic (exact) mass is 331 g/mol. The molecule has 1 aliphatic carbocycles. The Morgan fingerprint density at radius 2 is 2.12 bits per heavy atom. The Labute approximate surface area is 138 Å². The van der Waals surface area contributed by atoms with Crippen molar-refractivity contribution in [3.05, 3.63) is 46.3 Å². The molecule has 2 aliphatic rings. The molecule has 0 radical (unpaired) electrons. The van der Waals surface area contributed by atoms with Crippen LogP contribution in [0.25, 0.3) is 0 Å². The minimum absolute atomic E-state index is 0.205. The van der Waals surface area contributed by atoms with Gasteiger partial charge in [0.15, 0.2) is 5.82 Å². The van der Waals surface area contributed by atoms with Gasteiger partial charge in [-0.2, -0.15) is 0 Å². The fraction of sp³-hybridized carbons (Fsp3) is 0.500. The molecule has 1 saturated carbocycles. The lowest BCUT2D eigenvalue weighted by Crippen LogP contribution is -2.36. The number of nitro benzene ring substituents is 1. The van der Waals surface area contributed by atoms with Crippen LogP contribution in [0.15, 0.2) is 24.5 Å². The van der Waals surface area contributed by atoms with E-state index < -0.39 is 10.7 Å². The summed E-state index contributed by atoms with van der Waals surface area (Å²) in [4.78, 5) is 12.1. The van der Waals surface area contributed by atoms with Gasteiger partial charge in [-0.3, -0.25) is 10.1 Å². The standard InChI is InChI=1S/C16H18FN5O2/c17-14-8-13(22(23)24)5-6-15(14)20-7-1-2-11(9-20)16-19-18-10-21(16)12-3-4-12/h5-6,8,10-12H,1-4,7,9H2. The van der Waals surface area contributed by atoms with E-state index in [0.717, 1.165) is 31.3 Å². The number of rotatable bonds is 4. The zero-order valence-electron chi connectivity index (χ0n) is 13.1. The molecule has 1 aromatic carbocycles. The highest BCUT2D eigenvalue weighted by atomic mass is 19.1. The van der Waals surface area contributed by atoms with Crippen LogP contribution in [0, 0.1) is 15.9 Å². The quantitative estimate of drug-likeness (QED) is 0.636. The van der Waals surface area contributed by atoms with Crippen molar-refractivity contribution >= 4 is 11.4 Å². The molecule has 1 saturated heterocycles. The number of anilines is 1. The highest BCUT2D eigenvalue weighted by Gasteiger charge is 2.32. The van der Waals surface area contributed by atoms with E-state index in [1.54, 1.807) is 6.33 Å². The number of nitrogens with zero attached hydrogens (tertiary/aromatic N) is 5. The van der Waals surface area contributed by atoms with Crippen LogP contribution in [0.2, 0.25) is 0 Å². The maximum Gasteiger partial charge on any atom is 0.272 e. The average Bonchev–Trinajstić information content (AvgIpc) is 3.31. The van der Waals surface area contributed by atoms with Gasteiger partial charge in [0, 0.05) is 31.1 Å². The number of non-ortho nitro benzene ring substituents is 1. The van der Waals surface area contributed by atoms with Crippen molar-refractivity contribution in [2.45, 2.75) is 37.6 Å². The zero-order chi connectivity index (χ0) is 16.7. The second-order valence-corrected chi connectivity index (χ2v) is 6.51. The maximum atomic E-state index is 14.3. The van der Waals surface area contributed by atoms with Crippen molar-refractivity contribution in [2.24, 2.45) is 0 Å². The summed E-state index contributed by atoms with van der Waals surface area (Å²) in [6.45, 7) is 1.39. The molecule has 0 bridgehead atoms. The van der Waals surface area contributed by atoms with Crippen LogP contribution in [0.5, 0.6) is 0 Å². The second kappa shape index (κ2) is 5.85. The molecule has 126 valence electrons. The van der Waals surface area contributed by atoms with Gasteiger partial charge in [0.2, 0.25) is 0 Å². The van der Waals surface area contributed by atoms with E-state index in [4.69, 9.17) is 0 Å². The van der Waals surface area contributed by atoms with Gasteiger partial charge >= 0.3 is 0 Å². The predicted molar refractivity (Wildman–Crippen MR) is 85.5 cm³/mol. The third-order valence-electron chi connectivity index (χ3n) is 4.81. The van der Waals surface area contributed by atoms with Crippen LogP contribution >= 0.6 is 0 Å². The first-order valence-electron chi connectivity index (χ1n) is 8.22. The van der Waals surface area contributed by atoms with E-state index in [-0.39, 0.29) is 11.6 Å². The molecule has 0 N–H and O–H groups in total. The van der Waals surface area contributed by atoms with Crippen molar-refractivity contribution in [3.63, 3.8) is 0 Å². The van der Waals surface area contributed by atoms with E-state index in [1.807, 2.05) is 4.90 Å². The molecule has 0 spiro atoms. The fourth-order valence-electron chi connectivity index (χ4n) is 3.45. The summed E-state index contributed by atoms with van der Waals surface area (Å²) in [7, 11) is 0. The van der Waals surface area contributed by atoms with Gasteiger partial charge in [-0.05, 0) is 31.7 Å². The van der Waals surface area contributed by atoms with Crippen molar-refractivity contribution in [1.82, 2.24) is 14.8 Å². The van der Waals surface area contributed by atoms with Crippen LogP contribution in [-0.4, -0.2) is 32.8 Å². The van der Waals surface area contributed by atoms with Crippen LogP contribution in [0.4, 0.5) is 15.8 Å². The molecular formula is C16H18FN5O2. The molecule has 24 heavy (non-hydrogen) atoms. The summed E-state index contributed by atoms with van der Waals surface area (Å²) >= 11 is 0. The molecule has 2 aromatic rings. The second-order valence-electron chi connectivity index (χ2n) is 6.51. The summed E-state index contributed by atoms with van der Waals surface area (Å²) < 4.78 is 16.5. The van der Waals surface area contributed by atoms with Crippen LogP contribution in [-0.2, 0) is 0 Å². The number of nitro groups is 1. The third-order valence-corrected chi connectivity index (χ3v) is 4.81. The minimum Gasteiger partial charge on any atom is -0.368 e. The normalized spacial score (nSPS) is 21.0. The van der Waals surface area contributed by atoms with Gasteiger partial charge in [-0.25, -0.2) is 4.39 Å². The Morgan fingerprint density at radius 3 is 2.83 bits per heavy atom. The minimum atomic E-state index is -0.579. The lowest BCUT2D eigenvalue weighted by atomic mass is 9.96. The Balaban J connectivity index is 1.56. The smallest absolute Gasteiger partial charge is 0.272 e. The van der Waals surface area contributed by atoms with Gasteiger partial charge in [0.1, 0.15) is 12.2 Å². The van der Waals surface area contributed by atoms with Crippen LogP contribution in [0.3, 0.4) is 0 Å². The van der Waals surface area contributed by atoms with E-state index in [1.165, 1.54) is 25.0 Å². The molecule has 1 atom stereocenters. The first-order valence-corrected chi connectivity index (χ1v) is 8.22. The zero-order valence-corrected chi connectivity index (χ0v) is 13.1.